The summed E-state index contributed by atoms with van der Waals surface area (Å²) in [5.41, 5.74) is 1.09. The van der Waals surface area contributed by atoms with Crippen LogP contribution in [0, 0.1) is 11.2 Å². The molecule has 0 amide bonds. The van der Waals surface area contributed by atoms with Gasteiger partial charge in [-0.25, -0.2) is 4.39 Å². The van der Waals surface area contributed by atoms with Gasteiger partial charge in [0.05, 0.1) is 7.11 Å². The fourth-order valence-corrected chi connectivity index (χ4v) is 3.87. The SMILES string of the molecule is CCNC(Cc1cccc(OC)c1F)C1(CC)CCCC1. The average Bonchev–Trinajstić information content (AvgIpc) is 2.99. The van der Waals surface area contributed by atoms with Crippen LogP contribution >= 0.6 is 0 Å². The second kappa shape index (κ2) is 7.26. The highest BCUT2D eigenvalue weighted by Crippen LogP contribution is 2.45. The molecular formula is C18H28FNO. The van der Waals surface area contributed by atoms with Crippen molar-refractivity contribution in [2.45, 2.75) is 58.4 Å². The van der Waals surface area contributed by atoms with Crippen LogP contribution in [-0.2, 0) is 6.42 Å². The van der Waals surface area contributed by atoms with Crippen LogP contribution in [0.2, 0.25) is 0 Å². The van der Waals surface area contributed by atoms with E-state index >= 15 is 0 Å². The number of ether oxygens (including phenoxy) is 1. The van der Waals surface area contributed by atoms with E-state index in [-0.39, 0.29) is 5.82 Å². The van der Waals surface area contributed by atoms with Gasteiger partial charge in [0, 0.05) is 6.04 Å². The average molecular weight is 293 g/mol. The fourth-order valence-electron chi connectivity index (χ4n) is 3.87. The number of benzene rings is 1. The molecule has 1 N–H and O–H groups in total. The first kappa shape index (κ1) is 16.3. The molecule has 0 radical (unpaired) electrons. The predicted molar refractivity (Wildman–Crippen MR) is 85.3 cm³/mol. The van der Waals surface area contributed by atoms with Crippen molar-refractivity contribution in [1.82, 2.24) is 5.32 Å². The monoisotopic (exact) mass is 293 g/mol. The molecule has 0 aliphatic heterocycles. The third-order valence-corrected chi connectivity index (χ3v) is 5.18. The maximum absolute atomic E-state index is 14.4. The zero-order valence-electron chi connectivity index (χ0n) is 13.5. The van der Waals surface area contributed by atoms with Crippen molar-refractivity contribution in [1.29, 1.82) is 0 Å². The number of rotatable bonds is 7. The molecule has 0 heterocycles. The maximum Gasteiger partial charge on any atom is 0.168 e. The molecule has 2 rings (SSSR count). The Kier molecular flexibility index (Phi) is 5.63. The summed E-state index contributed by atoms with van der Waals surface area (Å²) in [7, 11) is 1.52. The van der Waals surface area contributed by atoms with Gasteiger partial charge < -0.3 is 10.1 Å². The molecule has 21 heavy (non-hydrogen) atoms. The Morgan fingerprint density at radius 3 is 2.57 bits per heavy atom. The minimum atomic E-state index is -0.202. The highest BCUT2D eigenvalue weighted by Gasteiger charge is 2.39. The highest BCUT2D eigenvalue weighted by atomic mass is 19.1. The Labute approximate surface area is 128 Å². The first-order chi connectivity index (χ1) is 10.2. The lowest BCUT2D eigenvalue weighted by Gasteiger charge is -2.38. The van der Waals surface area contributed by atoms with E-state index in [1.807, 2.05) is 12.1 Å². The number of halogens is 1. The summed E-state index contributed by atoms with van der Waals surface area (Å²) >= 11 is 0. The zero-order chi connectivity index (χ0) is 15.3. The van der Waals surface area contributed by atoms with E-state index in [4.69, 9.17) is 4.74 Å². The van der Waals surface area contributed by atoms with Crippen molar-refractivity contribution < 1.29 is 9.13 Å². The van der Waals surface area contributed by atoms with Crippen LogP contribution < -0.4 is 10.1 Å². The molecule has 118 valence electrons. The third-order valence-electron chi connectivity index (χ3n) is 5.18. The van der Waals surface area contributed by atoms with Crippen molar-refractivity contribution >= 4 is 0 Å². The summed E-state index contributed by atoms with van der Waals surface area (Å²) in [4.78, 5) is 0. The van der Waals surface area contributed by atoms with Crippen molar-refractivity contribution in [2.75, 3.05) is 13.7 Å². The van der Waals surface area contributed by atoms with Crippen LogP contribution in [0.5, 0.6) is 5.75 Å². The summed E-state index contributed by atoms with van der Waals surface area (Å²) in [6.07, 6.45) is 7.02. The van der Waals surface area contributed by atoms with E-state index in [1.165, 1.54) is 32.8 Å². The molecule has 1 aromatic rings. The van der Waals surface area contributed by atoms with E-state index < -0.39 is 0 Å². The molecule has 1 unspecified atom stereocenters. The summed E-state index contributed by atoms with van der Waals surface area (Å²) in [5, 5.41) is 3.62. The Balaban J connectivity index is 2.24. The van der Waals surface area contributed by atoms with Gasteiger partial charge in [-0.1, -0.05) is 38.8 Å². The van der Waals surface area contributed by atoms with Crippen LogP contribution in [0.15, 0.2) is 18.2 Å². The standard InChI is InChI=1S/C18H28FNO/c1-4-18(11-6-7-12-18)16(20-5-2)13-14-9-8-10-15(21-3)17(14)19/h8-10,16,20H,4-7,11-13H2,1-3H3. The van der Waals surface area contributed by atoms with Crippen LogP contribution in [0.3, 0.4) is 0 Å². The van der Waals surface area contributed by atoms with Gasteiger partial charge >= 0.3 is 0 Å². The molecule has 0 spiro atoms. The lowest BCUT2D eigenvalue weighted by molar-refractivity contribution is 0.185. The minimum Gasteiger partial charge on any atom is -0.494 e. The van der Waals surface area contributed by atoms with Crippen LogP contribution in [-0.4, -0.2) is 19.7 Å². The summed E-state index contributed by atoms with van der Waals surface area (Å²) in [5.74, 6) is 0.145. The lowest BCUT2D eigenvalue weighted by Crippen LogP contribution is -2.45. The lowest BCUT2D eigenvalue weighted by atomic mass is 9.74. The number of methoxy groups -OCH3 is 1. The van der Waals surface area contributed by atoms with E-state index in [0.717, 1.165) is 24.9 Å². The van der Waals surface area contributed by atoms with Crippen molar-refractivity contribution in [3.05, 3.63) is 29.6 Å². The van der Waals surface area contributed by atoms with Gasteiger partial charge in [-0.2, -0.15) is 0 Å². The Hall–Kier alpha value is -1.09. The van der Waals surface area contributed by atoms with E-state index in [9.17, 15) is 4.39 Å². The van der Waals surface area contributed by atoms with Crippen molar-refractivity contribution in [2.24, 2.45) is 5.41 Å². The zero-order valence-corrected chi connectivity index (χ0v) is 13.5. The molecule has 3 heteroatoms. The quantitative estimate of drug-likeness (QED) is 0.808. The number of hydrogen-bond acceptors (Lipinski definition) is 2. The smallest absolute Gasteiger partial charge is 0.168 e. The highest BCUT2D eigenvalue weighted by molar-refractivity contribution is 5.32. The molecule has 1 fully saturated rings. The van der Waals surface area contributed by atoms with Gasteiger partial charge in [0.2, 0.25) is 0 Å². The van der Waals surface area contributed by atoms with Crippen molar-refractivity contribution in [3.8, 4) is 5.75 Å². The first-order valence-corrected chi connectivity index (χ1v) is 8.21. The maximum atomic E-state index is 14.4. The molecular weight excluding hydrogens is 265 g/mol. The molecule has 1 aromatic carbocycles. The number of nitrogens with one attached hydrogen (secondary N) is 1. The molecule has 1 saturated carbocycles. The summed E-state index contributed by atoms with van der Waals surface area (Å²) < 4.78 is 19.5. The minimum absolute atomic E-state index is 0.202. The van der Waals surface area contributed by atoms with Crippen LogP contribution in [0.4, 0.5) is 4.39 Å². The third kappa shape index (κ3) is 3.39. The Bertz CT molecular complexity index is 455. The van der Waals surface area contributed by atoms with Crippen LogP contribution in [0.25, 0.3) is 0 Å². The molecule has 1 aliphatic rings. The molecule has 1 aliphatic carbocycles. The Morgan fingerprint density at radius 1 is 1.29 bits per heavy atom. The van der Waals surface area contributed by atoms with E-state index in [0.29, 0.717) is 17.2 Å². The summed E-state index contributed by atoms with van der Waals surface area (Å²) in [6, 6.07) is 5.80. The number of hydrogen-bond donors (Lipinski definition) is 1. The van der Waals surface area contributed by atoms with Crippen molar-refractivity contribution in [3.63, 3.8) is 0 Å². The largest absolute Gasteiger partial charge is 0.494 e. The molecule has 0 bridgehead atoms. The number of likely N-dealkylation sites (N-methyl/N-ethyl adjacent to an activating group) is 1. The first-order valence-electron chi connectivity index (χ1n) is 8.21. The molecule has 0 aromatic heterocycles. The molecule has 0 saturated heterocycles. The van der Waals surface area contributed by atoms with Gasteiger partial charge in [0.15, 0.2) is 11.6 Å². The van der Waals surface area contributed by atoms with E-state index in [1.54, 1.807) is 6.07 Å². The van der Waals surface area contributed by atoms with Gasteiger partial charge in [-0.05, 0) is 49.3 Å². The van der Waals surface area contributed by atoms with Crippen LogP contribution in [0.1, 0.15) is 51.5 Å². The molecule has 1 atom stereocenters. The van der Waals surface area contributed by atoms with Gasteiger partial charge in [0.1, 0.15) is 0 Å². The molecule has 2 nitrogen and oxygen atoms in total. The summed E-state index contributed by atoms with van der Waals surface area (Å²) in [6.45, 7) is 5.34. The topological polar surface area (TPSA) is 21.3 Å². The van der Waals surface area contributed by atoms with E-state index in [2.05, 4.69) is 19.2 Å². The normalized spacial score (nSPS) is 18.7. The van der Waals surface area contributed by atoms with Gasteiger partial charge in [-0.15, -0.1) is 0 Å². The predicted octanol–water partition coefficient (Wildman–Crippen LogP) is 4.33. The van der Waals surface area contributed by atoms with Gasteiger partial charge in [0.25, 0.3) is 0 Å². The Morgan fingerprint density at radius 2 is 2.00 bits per heavy atom. The van der Waals surface area contributed by atoms with Gasteiger partial charge in [-0.3, -0.25) is 0 Å². The second-order valence-electron chi connectivity index (χ2n) is 6.17. The fraction of sp³-hybridized carbons (Fsp3) is 0.667. The second-order valence-corrected chi connectivity index (χ2v) is 6.17.